The zero-order chi connectivity index (χ0) is 15.3. The number of anilines is 1. The fourth-order valence-electron chi connectivity index (χ4n) is 2.69. The highest BCUT2D eigenvalue weighted by atomic mass is 16.2. The van der Waals surface area contributed by atoms with E-state index in [4.69, 9.17) is 0 Å². The van der Waals surface area contributed by atoms with Crippen molar-refractivity contribution < 1.29 is 9.59 Å². The third-order valence-corrected chi connectivity index (χ3v) is 4.14. The van der Waals surface area contributed by atoms with Gasteiger partial charge in [0.15, 0.2) is 0 Å². The Labute approximate surface area is 125 Å². The van der Waals surface area contributed by atoms with E-state index in [2.05, 4.69) is 16.0 Å². The van der Waals surface area contributed by atoms with Gasteiger partial charge in [0.1, 0.15) is 0 Å². The van der Waals surface area contributed by atoms with E-state index in [0.29, 0.717) is 6.42 Å². The first-order valence-corrected chi connectivity index (χ1v) is 7.45. The van der Waals surface area contributed by atoms with Crippen LogP contribution in [-0.4, -0.2) is 30.9 Å². The number of likely N-dealkylation sites (N-methyl/N-ethyl adjacent to an activating group) is 1. The summed E-state index contributed by atoms with van der Waals surface area (Å²) in [5.41, 5.74) is 1.26. The second-order valence-corrected chi connectivity index (χ2v) is 5.47. The summed E-state index contributed by atoms with van der Waals surface area (Å²) in [6.45, 7) is 2.93. The molecule has 1 aliphatic rings. The largest absolute Gasteiger partial charge is 0.359 e. The van der Waals surface area contributed by atoms with Gasteiger partial charge in [-0.1, -0.05) is 19.1 Å². The zero-order valence-corrected chi connectivity index (χ0v) is 12.7. The van der Waals surface area contributed by atoms with E-state index >= 15 is 0 Å². The van der Waals surface area contributed by atoms with E-state index < -0.39 is 5.54 Å². The summed E-state index contributed by atoms with van der Waals surface area (Å²) in [6, 6.07) is 7.42. The lowest BCUT2D eigenvalue weighted by atomic mass is 9.93. The molecule has 0 aromatic heterocycles. The third kappa shape index (κ3) is 3.61. The number of amides is 2. The second kappa shape index (κ2) is 6.72. The molecule has 2 amide bonds. The summed E-state index contributed by atoms with van der Waals surface area (Å²) < 4.78 is 0. The number of rotatable bonds is 5. The van der Waals surface area contributed by atoms with Crippen LogP contribution >= 0.6 is 0 Å². The van der Waals surface area contributed by atoms with Crippen molar-refractivity contribution >= 4 is 17.5 Å². The summed E-state index contributed by atoms with van der Waals surface area (Å²) in [4.78, 5) is 23.7. The van der Waals surface area contributed by atoms with Crippen molar-refractivity contribution in [2.24, 2.45) is 0 Å². The predicted octanol–water partition coefficient (Wildman–Crippen LogP) is 1.45. The van der Waals surface area contributed by atoms with Gasteiger partial charge in [-0.25, -0.2) is 0 Å². The molecule has 1 saturated heterocycles. The minimum Gasteiger partial charge on any atom is -0.359 e. The lowest BCUT2D eigenvalue weighted by Crippen LogP contribution is -2.50. The molecule has 5 nitrogen and oxygen atoms in total. The van der Waals surface area contributed by atoms with Gasteiger partial charge in [0, 0.05) is 12.7 Å². The molecule has 1 aromatic rings. The fraction of sp³-hybridized carbons (Fsp3) is 0.500. The molecule has 1 aliphatic heterocycles. The van der Waals surface area contributed by atoms with E-state index in [1.165, 1.54) is 0 Å². The van der Waals surface area contributed by atoms with Gasteiger partial charge < -0.3 is 16.0 Å². The lowest BCUT2D eigenvalue weighted by molar-refractivity contribution is -0.122. The first-order chi connectivity index (χ1) is 10.1. The highest BCUT2D eigenvalue weighted by Crippen LogP contribution is 2.25. The van der Waals surface area contributed by atoms with E-state index in [-0.39, 0.29) is 11.8 Å². The van der Waals surface area contributed by atoms with Gasteiger partial charge in [-0.15, -0.1) is 0 Å². The van der Waals surface area contributed by atoms with Crippen LogP contribution in [0.15, 0.2) is 24.3 Å². The number of carbonyl (C=O) groups excluding carboxylic acids is 2. The maximum atomic E-state index is 12.4. The number of hydrogen-bond acceptors (Lipinski definition) is 3. The summed E-state index contributed by atoms with van der Waals surface area (Å²) in [5, 5.41) is 8.88. The van der Waals surface area contributed by atoms with Crippen LogP contribution < -0.4 is 16.0 Å². The van der Waals surface area contributed by atoms with Crippen LogP contribution in [0.4, 0.5) is 5.69 Å². The maximum absolute atomic E-state index is 12.4. The Morgan fingerprint density at radius 3 is 2.52 bits per heavy atom. The molecule has 0 aliphatic carbocycles. The minimum atomic E-state index is -0.430. The maximum Gasteiger partial charge on any atom is 0.244 e. The van der Waals surface area contributed by atoms with Crippen LogP contribution in [0.3, 0.4) is 0 Å². The van der Waals surface area contributed by atoms with Crippen LogP contribution in [0.5, 0.6) is 0 Å². The normalized spacial score (nSPS) is 21.0. The summed E-state index contributed by atoms with van der Waals surface area (Å²) in [6.07, 6.45) is 3.05. The number of nitrogens with one attached hydrogen (secondary N) is 3. The molecule has 2 rings (SSSR count). The van der Waals surface area contributed by atoms with Crippen molar-refractivity contribution in [3.05, 3.63) is 29.8 Å². The van der Waals surface area contributed by atoms with Crippen LogP contribution in [0.1, 0.15) is 31.7 Å². The van der Waals surface area contributed by atoms with Crippen molar-refractivity contribution in [1.29, 1.82) is 0 Å². The van der Waals surface area contributed by atoms with Gasteiger partial charge in [0.05, 0.1) is 12.0 Å². The first kappa shape index (κ1) is 15.5. The van der Waals surface area contributed by atoms with E-state index in [9.17, 15) is 9.59 Å². The Balaban J connectivity index is 1.99. The summed E-state index contributed by atoms with van der Waals surface area (Å²) in [7, 11) is 1.62. The molecule has 1 heterocycles. The molecule has 21 heavy (non-hydrogen) atoms. The predicted molar refractivity (Wildman–Crippen MR) is 83.1 cm³/mol. The van der Waals surface area contributed by atoms with Crippen LogP contribution in [0.2, 0.25) is 0 Å². The number of carbonyl (C=O) groups is 2. The Kier molecular flexibility index (Phi) is 4.96. The Morgan fingerprint density at radius 1 is 1.29 bits per heavy atom. The summed E-state index contributed by atoms with van der Waals surface area (Å²) >= 11 is 0. The Bertz CT molecular complexity index is 505. The fourth-order valence-corrected chi connectivity index (χ4v) is 2.69. The highest BCUT2D eigenvalue weighted by molar-refractivity contribution is 5.98. The molecule has 3 N–H and O–H groups in total. The first-order valence-electron chi connectivity index (χ1n) is 7.45. The van der Waals surface area contributed by atoms with Gasteiger partial charge in [-0.05, 0) is 43.5 Å². The van der Waals surface area contributed by atoms with E-state index in [1.54, 1.807) is 7.05 Å². The van der Waals surface area contributed by atoms with Crippen molar-refractivity contribution in [1.82, 2.24) is 10.6 Å². The van der Waals surface area contributed by atoms with Crippen LogP contribution in [0, 0.1) is 0 Å². The molecule has 1 atom stereocenters. The SMILES string of the molecule is CCC1(C(=O)Nc2ccc(CC(=O)NC)cc2)CCCN1. The van der Waals surface area contributed by atoms with E-state index in [0.717, 1.165) is 37.1 Å². The Hall–Kier alpha value is -1.88. The topological polar surface area (TPSA) is 70.2 Å². The standard InChI is InChI=1S/C16H23N3O2/c1-3-16(9-4-10-18-16)15(21)19-13-7-5-12(6-8-13)11-14(20)17-2/h5-8,18H,3-4,9-11H2,1-2H3,(H,17,20)(H,19,21). The van der Waals surface area contributed by atoms with Crippen molar-refractivity contribution in [2.75, 3.05) is 18.9 Å². The molecule has 0 saturated carbocycles. The number of benzene rings is 1. The van der Waals surface area contributed by atoms with Crippen molar-refractivity contribution in [2.45, 2.75) is 38.1 Å². The molecule has 0 radical (unpaired) electrons. The van der Waals surface area contributed by atoms with Gasteiger partial charge in [-0.2, -0.15) is 0 Å². The summed E-state index contributed by atoms with van der Waals surface area (Å²) in [5.74, 6) is 0.00780. The molecule has 5 heteroatoms. The van der Waals surface area contributed by atoms with Gasteiger partial charge in [-0.3, -0.25) is 9.59 Å². The zero-order valence-electron chi connectivity index (χ0n) is 12.7. The molecular formula is C16H23N3O2. The van der Waals surface area contributed by atoms with E-state index in [1.807, 2.05) is 31.2 Å². The quantitative estimate of drug-likeness (QED) is 0.768. The molecular weight excluding hydrogens is 266 g/mol. The lowest BCUT2D eigenvalue weighted by Gasteiger charge is -2.26. The average molecular weight is 289 g/mol. The van der Waals surface area contributed by atoms with Gasteiger partial charge in [0.2, 0.25) is 11.8 Å². The molecule has 1 fully saturated rings. The molecule has 1 aromatic carbocycles. The molecule has 0 spiro atoms. The molecule has 1 unspecified atom stereocenters. The van der Waals surface area contributed by atoms with Gasteiger partial charge in [0.25, 0.3) is 0 Å². The van der Waals surface area contributed by atoms with Crippen LogP contribution in [-0.2, 0) is 16.0 Å². The van der Waals surface area contributed by atoms with Crippen LogP contribution in [0.25, 0.3) is 0 Å². The smallest absolute Gasteiger partial charge is 0.244 e. The minimum absolute atomic E-state index is 0.0214. The van der Waals surface area contributed by atoms with Gasteiger partial charge >= 0.3 is 0 Å². The Morgan fingerprint density at radius 2 is 2.00 bits per heavy atom. The number of hydrogen-bond donors (Lipinski definition) is 3. The van der Waals surface area contributed by atoms with Crippen molar-refractivity contribution in [3.63, 3.8) is 0 Å². The molecule has 0 bridgehead atoms. The highest BCUT2D eigenvalue weighted by Gasteiger charge is 2.38. The van der Waals surface area contributed by atoms with Crippen molar-refractivity contribution in [3.8, 4) is 0 Å². The monoisotopic (exact) mass is 289 g/mol. The molecule has 114 valence electrons. The average Bonchev–Trinajstić information content (AvgIpc) is 2.99. The second-order valence-electron chi connectivity index (χ2n) is 5.47. The third-order valence-electron chi connectivity index (χ3n) is 4.14.